The van der Waals surface area contributed by atoms with Crippen LogP contribution < -0.4 is 4.74 Å². The van der Waals surface area contributed by atoms with Crippen LogP contribution in [0.5, 0.6) is 5.75 Å². The smallest absolute Gasteiger partial charge is 0.335 e. The predicted molar refractivity (Wildman–Crippen MR) is 70.1 cm³/mol. The molecule has 0 saturated carbocycles. The molecular weight excluding hydrogens is 263 g/mol. The van der Waals surface area contributed by atoms with Gasteiger partial charge in [0.1, 0.15) is 6.61 Å². The van der Waals surface area contributed by atoms with E-state index in [1.165, 1.54) is 6.07 Å². The summed E-state index contributed by atoms with van der Waals surface area (Å²) in [4.78, 5) is 10.8. The lowest BCUT2D eigenvalue weighted by atomic mass is 10.1. The molecule has 0 bridgehead atoms. The van der Waals surface area contributed by atoms with Gasteiger partial charge in [0.25, 0.3) is 0 Å². The summed E-state index contributed by atoms with van der Waals surface area (Å²) in [6.07, 6.45) is 0. The van der Waals surface area contributed by atoms with Crippen molar-refractivity contribution in [1.82, 2.24) is 0 Å². The van der Waals surface area contributed by atoms with Crippen LogP contribution in [0.2, 0.25) is 0 Å². The van der Waals surface area contributed by atoms with Crippen LogP contribution in [0.15, 0.2) is 42.5 Å². The summed E-state index contributed by atoms with van der Waals surface area (Å²) < 4.78 is 19.2. The zero-order valence-electron chi connectivity index (χ0n) is 10.5. The number of aliphatic hydroxyl groups is 1. The Morgan fingerprint density at radius 1 is 1.20 bits per heavy atom. The first kappa shape index (κ1) is 14.0. The van der Waals surface area contributed by atoms with E-state index in [-0.39, 0.29) is 23.5 Å². The number of hydrogen-bond donors (Lipinski definition) is 2. The Morgan fingerprint density at radius 3 is 2.50 bits per heavy atom. The third-order valence-corrected chi connectivity index (χ3v) is 2.76. The van der Waals surface area contributed by atoms with Crippen molar-refractivity contribution >= 4 is 5.97 Å². The normalized spacial score (nSPS) is 10.3. The number of carbonyl (C=O) groups is 1. The Morgan fingerprint density at radius 2 is 1.90 bits per heavy atom. The molecule has 20 heavy (non-hydrogen) atoms. The van der Waals surface area contributed by atoms with E-state index in [1.54, 1.807) is 0 Å². The van der Waals surface area contributed by atoms with E-state index in [0.717, 1.165) is 11.6 Å². The molecule has 0 spiro atoms. The van der Waals surface area contributed by atoms with E-state index in [1.807, 2.05) is 30.3 Å². The summed E-state index contributed by atoms with van der Waals surface area (Å²) in [5.74, 6) is -2.18. The second-order valence-corrected chi connectivity index (χ2v) is 4.18. The maximum Gasteiger partial charge on any atom is 0.335 e. The molecule has 0 radical (unpaired) electrons. The molecule has 2 aromatic rings. The number of carboxylic acid groups (broad SMARTS) is 1. The van der Waals surface area contributed by atoms with Crippen LogP contribution in [0, 0.1) is 5.82 Å². The summed E-state index contributed by atoms with van der Waals surface area (Å²) in [5.41, 5.74) is 0.732. The van der Waals surface area contributed by atoms with Gasteiger partial charge in [0.2, 0.25) is 0 Å². The molecule has 104 valence electrons. The maximum atomic E-state index is 13.9. The molecule has 0 atom stereocenters. The van der Waals surface area contributed by atoms with Gasteiger partial charge in [-0.3, -0.25) is 0 Å². The van der Waals surface area contributed by atoms with Gasteiger partial charge in [-0.05, 0) is 17.7 Å². The van der Waals surface area contributed by atoms with Crippen LogP contribution in [0.3, 0.4) is 0 Å². The minimum Gasteiger partial charge on any atom is -0.485 e. The number of rotatable bonds is 5. The largest absolute Gasteiger partial charge is 0.485 e. The lowest BCUT2D eigenvalue weighted by molar-refractivity contribution is 0.0696. The molecule has 0 aliphatic rings. The summed E-state index contributed by atoms with van der Waals surface area (Å²) >= 11 is 0. The van der Waals surface area contributed by atoms with Gasteiger partial charge in [-0.15, -0.1) is 0 Å². The van der Waals surface area contributed by atoms with Crippen molar-refractivity contribution in [3.05, 3.63) is 65.0 Å². The topological polar surface area (TPSA) is 66.8 Å². The predicted octanol–water partition coefficient (Wildman–Crippen LogP) is 2.60. The number of halogens is 1. The van der Waals surface area contributed by atoms with Crippen LogP contribution in [0.1, 0.15) is 21.5 Å². The summed E-state index contributed by atoms with van der Waals surface area (Å²) in [6, 6.07) is 11.2. The number of benzene rings is 2. The van der Waals surface area contributed by atoms with Crippen molar-refractivity contribution in [3.8, 4) is 5.75 Å². The summed E-state index contributed by atoms with van der Waals surface area (Å²) in [7, 11) is 0. The molecule has 2 N–H and O–H groups in total. The molecule has 0 aromatic heterocycles. The van der Waals surface area contributed by atoms with E-state index in [4.69, 9.17) is 9.84 Å². The SMILES string of the molecule is O=C(O)c1cc(F)c(OCc2ccccc2)c(CO)c1. The average molecular weight is 276 g/mol. The van der Waals surface area contributed by atoms with Gasteiger partial charge in [0.15, 0.2) is 11.6 Å². The highest BCUT2D eigenvalue weighted by Crippen LogP contribution is 2.26. The minimum atomic E-state index is -1.26. The molecule has 0 amide bonds. The van der Waals surface area contributed by atoms with Crippen molar-refractivity contribution in [2.24, 2.45) is 0 Å². The van der Waals surface area contributed by atoms with Gasteiger partial charge >= 0.3 is 5.97 Å². The zero-order valence-corrected chi connectivity index (χ0v) is 10.5. The van der Waals surface area contributed by atoms with Crippen molar-refractivity contribution in [2.45, 2.75) is 13.2 Å². The third kappa shape index (κ3) is 3.13. The Bertz CT molecular complexity index is 611. The highest BCUT2D eigenvalue weighted by atomic mass is 19.1. The Hall–Kier alpha value is -2.40. The van der Waals surface area contributed by atoms with Gasteiger partial charge < -0.3 is 14.9 Å². The van der Waals surface area contributed by atoms with Gasteiger partial charge in [-0.25, -0.2) is 9.18 Å². The van der Waals surface area contributed by atoms with E-state index in [0.29, 0.717) is 0 Å². The molecule has 4 nitrogen and oxygen atoms in total. The molecule has 0 fully saturated rings. The van der Waals surface area contributed by atoms with E-state index in [9.17, 15) is 14.3 Å². The lowest BCUT2D eigenvalue weighted by Crippen LogP contribution is -2.05. The number of aromatic carboxylic acids is 1. The quantitative estimate of drug-likeness (QED) is 0.881. The summed E-state index contributed by atoms with van der Waals surface area (Å²) in [5, 5.41) is 18.0. The first-order valence-corrected chi connectivity index (χ1v) is 5.95. The van der Waals surface area contributed by atoms with Crippen molar-refractivity contribution < 1.29 is 24.1 Å². The Balaban J connectivity index is 2.25. The molecule has 2 aromatic carbocycles. The third-order valence-electron chi connectivity index (χ3n) is 2.76. The highest BCUT2D eigenvalue weighted by Gasteiger charge is 2.15. The fourth-order valence-corrected chi connectivity index (χ4v) is 1.78. The van der Waals surface area contributed by atoms with Crippen LogP contribution in [-0.4, -0.2) is 16.2 Å². The van der Waals surface area contributed by atoms with Gasteiger partial charge in [0.05, 0.1) is 12.2 Å². The van der Waals surface area contributed by atoms with E-state index >= 15 is 0 Å². The fraction of sp³-hybridized carbons (Fsp3) is 0.133. The number of aliphatic hydroxyl groups excluding tert-OH is 1. The molecular formula is C15H13FO4. The second-order valence-electron chi connectivity index (χ2n) is 4.18. The molecule has 0 aliphatic heterocycles. The lowest BCUT2D eigenvalue weighted by Gasteiger charge is -2.12. The number of carboxylic acids is 1. The number of ether oxygens (including phenoxy) is 1. The Kier molecular flexibility index (Phi) is 4.32. The van der Waals surface area contributed by atoms with Crippen LogP contribution in [0.25, 0.3) is 0 Å². The van der Waals surface area contributed by atoms with Crippen molar-refractivity contribution in [3.63, 3.8) is 0 Å². The van der Waals surface area contributed by atoms with Crippen LogP contribution >= 0.6 is 0 Å². The minimum absolute atomic E-state index is 0.110. The summed E-state index contributed by atoms with van der Waals surface area (Å²) in [6.45, 7) is -0.362. The average Bonchev–Trinajstić information content (AvgIpc) is 2.46. The molecule has 2 rings (SSSR count). The van der Waals surface area contributed by atoms with Crippen molar-refractivity contribution in [2.75, 3.05) is 0 Å². The second kappa shape index (κ2) is 6.16. The molecule has 0 saturated heterocycles. The monoisotopic (exact) mass is 276 g/mol. The maximum absolute atomic E-state index is 13.9. The van der Waals surface area contributed by atoms with Crippen LogP contribution in [-0.2, 0) is 13.2 Å². The van der Waals surface area contributed by atoms with E-state index in [2.05, 4.69) is 0 Å². The number of hydrogen-bond acceptors (Lipinski definition) is 3. The zero-order chi connectivity index (χ0) is 14.5. The van der Waals surface area contributed by atoms with Gasteiger partial charge in [-0.1, -0.05) is 30.3 Å². The fourth-order valence-electron chi connectivity index (χ4n) is 1.78. The standard InChI is InChI=1S/C15H13FO4/c16-13-7-11(15(18)19)6-12(8-17)14(13)20-9-10-4-2-1-3-5-10/h1-7,17H,8-9H2,(H,18,19). The van der Waals surface area contributed by atoms with Gasteiger partial charge in [-0.2, -0.15) is 0 Å². The van der Waals surface area contributed by atoms with Gasteiger partial charge in [0, 0.05) is 5.56 Å². The van der Waals surface area contributed by atoms with Crippen molar-refractivity contribution in [1.29, 1.82) is 0 Å². The first-order chi connectivity index (χ1) is 9.61. The molecule has 5 heteroatoms. The molecule has 0 aliphatic carbocycles. The first-order valence-electron chi connectivity index (χ1n) is 5.95. The molecule has 0 unspecified atom stereocenters. The van der Waals surface area contributed by atoms with Crippen LogP contribution in [0.4, 0.5) is 4.39 Å². The Labute approximate surface area is 115 Å². The molecule has 0 heterocycles. The highest BCUT2D eigenvalue weighted by molar-refractivity contribution is 5.88. The van der Waals surface area contributed by atoms with E-state index < -0.39 is 18.4 Å².